The van der Waals surface area contributed by atoms with Gasteiger partial charge in [-0.25, -0.2) is 0 Å². The minimum Gasteiger partial charge on any atom is -0.326 e. The molecule has 3 N–H and O–H groups in total. The van der Waals surface area contributed by atoms with Crippen molar-refractivity contribution in [1.29, 1.82) is 0 Å². The van der Waals surface area contributed by atoms with Crippen molar-refractivity contribution in [3.63, 3.8) is 0 Å². The van der Waals surface area contributed by atoms with Gasteiger partial charge in [0.1, 0.15) is 11.8 Å². The maximum Gasteiger partial charge on any atom is 0.291 e. The predicted octanol–water partition coefficient (Wildman–Crippen LogP) is 1.25. The first-order chi connectivity index (χ1) is 13.4. The van der Waals surface area contributed by atoms with E-state index in [0.717, 1.165) is 5.56 Å². The Hall–Kier alpha value is -2.70. The van der Waals surface area contributed by atoms with Gasteiger partial charge < -0.3 is 10.6 Å². The van der Waals surface area contributed by atoms with Gasteiger partial charge in [0.25, 0.3) is 5.91 Å². The van der Waals surface area contributed by atoms with Gasteiger partial charge in [0, 0.05) is 10.6 Å². The van der Waals surface area contributed by atoms with E-state index in [4.69, 9.17) is 11.6 Å². The summed E-state index contributed by atoms with van der Waals surface area (Å²) in [4.78, 5) is 41.0. The molecule has 3 heterocycles. The summed E-state index contributed by atoms with van der Waals surface area (Å²) in [7, 11) is 0. The van der Waals surface area contributed by atoms with Gasteiger partial charge in [-0.05, 0) is 24.6 Å². The molecule has 0 aromatic heterocycles. The summed E-state index contributed by atoms with van der Waals surface area (Å²) >= 11 is 6.24. The number of para-hydroxylation sites is 1. The number of halogens is 1. The minimum absolute atomic E-state index is 0.121. The van der Waals surface area contributed by atoms with Gasteiger partial charge in [-0.3, -0.25) is 19.3 Å². The molecule has 6 nitrogen and oxygen atoms in total. The average Bonchev–Trinajstić information content (AvgIpc) is 3.23. The Labute approximate surface area is 166 Å². The molecule has 3 aliphatic heterocycles. The second-order valence-corrected chi connectivity index (χ2v) is 8.16. The summed E-state index contributed by atoms with van der Waals surface area (Å²) < 4.78 is 0. The molecule has 142 valence electrons. The van der Waals surface area contributed by atoms with Crippen LogP contribution in [0.25, 0.3) is 0 Å². The molecule has 0 radical (unpaired) electrons. The smallest absolute Gasteiger partial charge is 0.291 e. The van der Waals surface area contributed by atoms with E-state index in [-0.39, 0.29) is 30.3 Å². The number of imide groups is 1. The molecule has 2 aromatic rings. The number of rotatable bonds is 2. The zero-order valence-electron chi connectivity index (χ0n) is 15.2. The average molecular weight is 397 g/mol. The third-order valence-electron chi connectivity index (χ3n) is 6.31. The number of carbonyl (C=O) groups is 3. The topological polar surface area (TPSA) is 83.1 Å². The van der Waals surface area contributed by atoms with Crippen molar-refractivity contribution in [2.75, 3.05) is 5.32 Å². The summed E-state index contributed by atoms with van der Waals surface area (Å²) in [5, 5.41) is 5.31. The van der Waals surface area contributed by atoms with E-state index in [1.807, 2.05) is 42.6 Å². The zero-order chi connectivity index (χ0) is 19.6. The molecular weight excluding hydrogens is 378 g/mol. The van der Waals surface area contributed by atoms with E-state index in [9.17, 15) is 14.4 Å². The highest BCUT2D eigenvalue weighted by atomic mass is 35.5. The molecule has 3 aliphatic rings. The van der Waals surface area contributed by atoms with Crippen LogP contribution in [0.1, 0.15) is 18.1 Å². The van der Waals surface area contributed by atoms with Gasteiger partial charge in [-0.2, -0.15) is 0 Å². The number of hydrogen-bond acceptors (Lipinski definition) is 3. The molecular formula is C21H19ClN3O3+. The normalized spacial score (nSPS) is 30.7. The van der Waals surface area contributed by atoms with Crippen LogP contribution in [0.5, 0.6) is 0 Å². The Balaban J connectivity index is 1.58. The minimum atomic E-state index is -1.09. The number of likely N-dealkylation sites (tertiary alicyclic amines) is 1. The second-order valence-electron chi connectivity index (χ2n) is 7.75. The number of nitrogens with one attached hydrogen (secondary N) is 1. The van der Waals surface area contributed by atoms with Gasteiger partial charge in [-0.1, -0.05) is 48.0 Å². The third-order valence-corrected chi connectivity index (χ3v) is 6.68. The van der Waals surface area contributed by atoms with Crippen LogP contribution in [0.3, 0.4) is 0 Å². The van der Waals surface area contributed by atoms with Crippen LogP contribution in [0.15, 0.2) is 48.5 Å². The quantitative estimate of drug-likeness (QED) is 0.749. The lowest BCUT2D eigenvalue weighted by Gasteiger charge is -2.26. The van der Waals surface area contributed by atoms with Crippen molar-refractivity contribution in [3.8, 4) is 0 Å². The van der Waals surface area contributed by atoms with E-state index in [0.29, 0.717) is 16.3 Å². The number of nitrogens with zero attached hydrogens (tertiary/aromatic N) is 1. The van der Waals surface area contributed by atoms with E-state index in [1.165, 1.54) is 4.90 Å². The molecule has 2 saturated heterocycles. The fraction of sp³-hybridized carbons (Fsp3) is 0.286. The first-order valence-corrected chi connectivity index (χ1v) is 9.68. The molecule has 2 aromatic carbocycles. The van der Waals surface area contributed by atoms with Gasteiger partial charge in [0.2, 0.25) is 17.4 Å². The van der Waals surface area contributed by atoms with Gasteiger partial charge in [0.05, 0.1) is 18.3 Å². The summed E-state index contributed by atoms with van der Waals surface area (Å²) in [5.41, 5.74) is 1.11. The Morgan fingerprint density at radius 2 is 1.79 bits per heavy atom. The van der Waals surface area contributed by atoms with E-state index < -0.39 is 17.4 Å². The highest BCUT2D eigenvalue weighted by Gasteiger charge is 2.73. The number of benzene rings is 2. The molecule has 4 atom stereocenters. The molecule has 0 saturated carbocycles. The van der Waals surface area contributed by atoms with Crippen molar-refractivity contribution in [2.45, 2.75) is 25.0 Å². The van der Waals surface area contributed by atoms with Crippen molar-refractivity contribution in [3.05, 3.63) is 64.7 Å². The van der Waals surface area contributed by atoms with Crippen LogP contribution in [0.2, 0.25) is 5.02 Å². The monoisotopic (exact) mass is 396 g/mol. The molecule has 1 spiro atoms. The van der Waals surface area contributed by atoms with Crippen LogP contribution in [-0.4, -0.2) is 28.7 Å². The first-order valence-electron chi connectivity index (χ1n) is 9.31. The molecule has 0 unspecified atom stereocenters. The predicted molar refractivity (Wildman–Crippen MR) is 102 cm³/mol. The number of anilines is 1. The molecule has 3 amide bonds. The summed E-state index contributed by atoms with van der Waals surface area (Å²) in [5.74, 6) is -2.02. The molecule has 7 heteroatoms. The number of amides is 3. The Kier molecular flexibility index (Phi) is 3.66. The second kappa shape index (κ2) is 5.90. The third kappa shape index (κ3) is 2.10. The first kappa shape index (κ1) is 17.4. The number of quaternary nitrogens is 1. The number of hydrogen-bond donors (Lipinski definition) is 2. The van der Waals surface area contributed by atoms with Crippen molar-refractivity contribution < 1.29 is 19.7 Å². The van der Waals surface area contributed by atoms with Crippen molar-refractivity contribution in [2.24, 2.45) is 11.8 Å². The molecule has 0 aliphatic carbocycles. The Morgan fingerprint density at radius 3 is 2.57 bits per heavy atom. The van der Waals surface area contributed by atoms with E-state index in [1.54, 1.807) is 18.2 Å². The lowest BCUT2D eigenvalue weighted by molar-refractivity contribution is -0.730. The summed E-state index contributed by atoms with van der Waals surface area (Å²) in [6.07, 6.45) is 0. The fourth-order valence-electron chi connectivity index (χ4n) is 5.11. The lowest BCUT2D eigenvalue weighted by Crippen LogP contribution is -2.98. The van der Waals surface area contributed by atoms with Crippen molar-refractivity contribution in [1.82, 2.24) is 4.90 Å². The number of carbonyl (C=O) groups excluding carboxylic acids is 3. The van der Waals surface area contributed by atoms with Crippen LogP contribution >= 0.6 is 11.6 Å². The van der Waals surface area contributed by atoms with Crippen LogP contribution in [-0.2, 0) is 26.5 Å². The van der Waals surface area contributed by atoms with Crippen molar-refractivity contribution >= 4 is 35.0 Å². The molecule has 2 fully saturated rings. The number of nitrogens with two attached hydrogens (primary N) is 1. The maximum absolute atomic E-state index is 13.4. The molecule has 5 rings (SSSR count). The number of fused-ring (bicyclic) bond motifs is 4. The van der Waals surface area contributed by atoms with Gasteiger partial charge in [0.15, 0.2) is 0 Å². The van der Waals surface area contributed by atoms with E-state index >= 15 is 0 Å². The summed E-state index contributed by atoms with van der Waals surface area (Å²) in [6, 6.07) is 14.4. The van der Waals surface area contributed by atoms with Crippen LogP contribution in [0, 0.1) is 11.8 Å². The lowest BCUT2D eigenvalue weighted by atomic mass is 9.76. The SMILES string of the molecule is C[C@@H]1[NH2+][C@@]2(C(=O)Nc3ccccc32)[C@H]2C(=O)N(Cc3ccccc3Cl)C(=O)[C@H]12. The van der Waals surface area contributed by atoms with Gasteiger partial charge in [-0.15, -0.1) is 0 Å². The largest absolute Gasteiger partial charge is 0.326 e. The highest BCUT2D eigenvalue weighted by Crippen LogP contribution is 2.49. The fourth-order valence-corrected chi connectivity index (χ4v) is 5.30. The molecule has 0 bridgehead atoms. The van der Waals surface area contributed by atoms with Crippen LogP contribution in [0.4, 0.5) is 5.69 Å². The molecule has 28 heavy (non-hydrogen) atoms. The maximum atomic E-state index is 13.4. The standard InChI is InChI=1S/C21H18ClN3O3/c1-11-16-17(21(24-11)13-7-3-5-9-15(13)23-20(21)28)19(27)25(18(16)26)10-12-6-2-4-8-14(12)22/h2-9,11,16-17,24H,10H2,1H3,(H,23,28)/p+1/t11-,16+,17+,21+/m0/s1. The van der Waals surface area contributed by atoms with E-state index in [2.05, 4.69) is 5.32 Å². The highest BCUT2D eigenvalue weighted by molar-refractivity contribution is 6.31. The summed E-state index contributed by atoms with van der Waals surface area (Å²) in [6.45, 7) is 2.03. The zero-order valence-corrected chi connectivity index (χ0v) is 15.9. The van der Waals surface area contributed by atoms with Gasteiger partial charge >= 0.3 is 0 Å². The van der Waals surface area contributed by atoms with Crippen LogP contribution < -0.4 is 10.6 Å². The Bertz CT molecular complexity index is 1040. The Morgan fingerprint density at radius 1 is 1.07 bits per heavy atom.